The molecule has 13 nitrogen and oxygen atoms in total. The van der Waals surface area contributed by atoms with Gasteiger partial charge in [-0.1, -0.05) is 0 Å². The normalized spacial score (nSPS) is 22.0. The smallest absolute Gasteiger partial charge is 0.248 e. The van der Waals surface area contributed by atoms with Crippen molar-refractivity contribution in [3.05, 3.63) is 30.4 Å². The van der Waals surface area contributed by atoms with E-state index < -0.39 is 18.1 Å². The Labute approximate surface area is 205 Å². The second kappa shape index (κ2) is 9.60. The molecule has 3 aromatic rings. The number of nitrogens with zero attached hydrogens (tertiary/aromatic N) is 8. The molecule has 5 heterocycles. The molecule has 1 saturated carbocycles. The molecule has 0 spiro atoms. The summed E-state index contributed by atoms with van der Waals surface area (Å²) in [7, 11) is 0. The average Bonchev–Trinajstić information content (AvgIpc) is 3.52. The number of alkyl halides is 1. The van der Waals surface area contributed by atoms with E-state index in [1.165, 1.54) is 18.6 Å². The third-order valence-electron chi connectivity index (χ3n) is 6.38. The number of carbonyl (C=O) groups is 1. The minimum absolute atomic E-state index is 0.0115. The topological polar surface area (TPSA) is 150 Å². The van der Waals surface area contributed by atoms with E-state index >= 15 is 0 Å². The largest absolute Gasteiger partial charge is 0.378 e. The van der Waals surface area contributed by atoms with Crippen LogP contribution in [0.4, 0.5) is 33.9 Å². The van der Waals surface area contributed by atoms with E-state index in [2.05, 4.69) is 45.8 Å². The van der Waals surface area contributed by atoms with Crippen molar-refractivity contribution in [2.75, 3.05) is 53.3 Å². The third-order valence-corrected chi connectivity index (χ3v) is 6.38. The monoisotopic (exact) mass is 495 g/mol. The Balaban J connectivity index is 1.29. The molecule has 3 fully saturated rings. The van der Waals surface area contributed by atoms with Crippen molar-refractivity contribution in [2.45, 2.75) is 37.4 Å². The molecule has 3 aromatic heterocycles. The SMILES string of the molecule is O=C(Nc1cnccn1)[C@@H]1C[C@@H](F)CN1c1nc(Nc2cc(C3CC3)[nH]n2)nc(N2CCOCC2)n1. The molecule has 2 atom stereocenters. The summed E-state index contributed by atoms with van der Waals surface area (Å²) in [5.74, 6) is 1.91. The summed E-state index contributed by atoms with van der Waals surface area (Å²) < 4.78 is 20.1. The van der Waals surface area contributed by atoms with E-state index in [-0.39, 0.29) is 24.9 Å². The van der Waals surface area contributed by atoms with E-state index in [9.17, 15) is 9.18 Å². The quantitative estimate of drug-likeness (QED) is 0.436. The van der Waals surface area contributed by atoms with Gasteiger partial charge in [0.05, 0.1) is 26.0 Å². The number of hydrogen-bond donors (Lipinski definition) is 3. The van der Waals surface area contributed by atoms with Gasteiger partial charge in [0.15, 0.2) is 11.6 Å². The zero-order valence-corrected chi connectivity index (χ0v) is 19.5. The maximum Gasteiger partial charge on any atom is 0.248 e. The van der Waals surface area contributed by atoms with Crippen LogP contribution in [-0.2, 0) is 9.53 Å². The van der Waals surface area contributed by atoms with Crippen LogP contribution in [0.25, 0.3) is 0 Å². The lowest BCUT2D eigenvalue weighted by molar-refractivity contribution is -0.117. The van der Waals surface area contributed by atoms with Gasteiger partial charge in [-0.2, -0.15) is 20.1 Å². The molecule has 2 aliphatic heterocycles. The van der Waals surface area contributed by atoms with Crippen molar-refractivity contribution in [3.8, 4) is 0 Å². The highest BCUT2D eigenvalue weighted by Gasteiger charge is 2.39. The first kappa shape index (κ1) is 22.5. The molecule has 0 unspecified atom stereocenters. The van der Waals surface area contributed by atoms with Gasteiger partial charge in [0.1, 0.15) is 12.2 Å². The maximum atomic E-state index is 14.6. The first-order chi connectivity index (χ1) is 17.6. The van der Waals surface area contributed by atoms with Gasteiger partial charge in [0.2, 0.25) is 23.8 Å². The molecule has 3 aliphatic rings. The van der Waals surface area contributed by atoms with Gasteiger partial charge in [-0.05, 0) is 12.8 Å². The van der Waals surface area contributed by atoms with E-state index in [1.807, 2.05) is 11.0 Å². The second-order valence-electron chi connectivity index (χ2n) is 9.05. The number of H-pyrrole nitrogens is 1. The fraction of sp³-hybridized carbons (Fsp3) is 0.500. The first-order valence-electron chi connectivity index (χ1n) is 12.0. The molecule has 36 heavy (non-hydrogen) atoms. The number of anilines is 5. The summed E-state index contributed by atoms with van der Waals surface area (Å²) in [6, 6.07) is 1.13. The van der Waals surface area contributed by atoms with Gasteiger partial charge >= 0.3 is 0 Å². The Hall–Kier alpha value is -3.94. The number of carbonyl (C=O) groups excluding carboxylic acids is 1. The van der Waals surface area contributed by atoms with Gasteiger partial charge in [-0.15, -0.1) is 0 Å². The zero-order valence-electron chi connectivity index (χ0n) is 19.5. The number of morpholine rings is 1. The highest BCUT2D eigenvalue weighted by molar-refractivity contribution is 5.96. The van der Waals surface area contributed by atoms with Crippen molar-refractivity contribution in [1.82, 2.24) is 35.1 Å². The summed E-state index contributed by atoms with van der Waals surface area (Å²) in [5, 5.41) is 13.2. The molecular weight excluding hydrogens is 469 g/mol. The lowest BCUT2D eigenvalue weighted by atomic mass is 10.2. The Morgan fingerprint density at radius 3 is 2.72 bits per heavy atom. The number of ether oxygens (including phenoxy) is 1. The number of halogens is 1. The summed E-state index contributed by atoms with van der Waals surface area (Å²) in [5.41, 5.74) is 1.07. The average molecular weight is 496 g/mol. The van der Waals surface area contributed by atoms with Crippen LogP contribution in [0, 0.1) is 0 Å². The van der Waals surface area contributed by atoms with E-state index in [0.29, 0.717) is 49.8 Å². The minimum atomic E-state index is -1.21. The second-order valence-corrected chi connectivity index (χ2v) is 9.05. The van der Waals surface area contributed by atoms with Gasteiger partial charge in [-0.3, -0.25) is 14.9 Å². The van der Waals surface area contributed by atoms with Gasteiger partial charge < -0.3 is 25.2 Å². The van der Waals surface area contributed by atoms with Crippen LogP contribution in [-0.4, -0.2) is 86.1 Å². The standard InChI is InChI=1S/C22H26FN11O2/c23-14-9-16(19(35)26-18-11-24-3-4-25-18)34(12-14)22-29-20(27-17-10-15(31-32-17)13-1-2-13)28-21(30-22)33-5-7-36-8-6-33/h3-4,10-11,13-14,16H,1-2,5-9,12H2,(H,25,26,35)(H2,27,28,29,30,31,32)/t14-,16+/m1/s1. The number of rotatable bonds is 7. The molecule has 188 valence electrons. The summed E-state index contributed by atoms with van der Waals surface area (Å²) >= 11 is 0. The van der Waals surface area contributed by atoms with Gasteiger partial charge in [-0.25, -0.2) is 9.37 Å². The number of amides is 1. The van der Waals surface area contributed by atoms with E-state index in [1.54, 1.807) is 4.90 Å². The van der Waals surface area contributed by atoms with E-state index in [4.69, 9.17) is 4.74 Å². The fourth-order valence-electron chi connectivity index (χ4n) is 4.39. The van der Waals surface area contributed by atoms with Crippen molar-refractivity contribution in [2.24, 2.45) is 0 Å². The number of hydrogen-bond acceptors (Lipinski definition) is 11. The van der Waals surface area contributed by atoms with Crippen LogP contribution >= 0.6 is 0 Å². The van der Waals surface area contributed by atoms with Crippen LogP contribution in [0.5, 0.6) is 0 Å². The first-order valence-corrected chi connectivity index (χ1v) is 12.0. The Morgan fingerprint density at radius 1 is 1.11 bits per heavy atom. The Morgan fingerprint density at radius 2 is 1.94 bits per heavy atom. The fourth-order valence-corrected chi connectivity index (χ4v) is 4.39. The van der Waals surface area contributed by atoms with Crippen molar-refractivity contribution in [1.29, 1.82) is 0 Å². The number of nitrogens with one attached hydrogen (secondary N) is 3. The molecule has 3 N–H and O–H groups in total. The molecule has 1 aliphatic carbocycles. The lowest BCUT2D eigenvalue weighted by Gasteiger charge is -2.29. The van der Waals surface area contributed by atoms with Gasteiger partial charge in [0, 0.05) is 49.6 Å². The molecule has 0 radical (unpaired) electrons. The van der Waals surface area contributed by atoms with Crippen molar-refractivity contribution in [3.63, 3.8) is 0 Å². The molecular formula is C22H26FN11O2. The Bertz CT molecular complexity index is 1220. The number of aromatic amines is 1. The summed E-state index contributed by atoms with van der Waals surface area (Å²) in [6.45, 7) is 2.30. The van der Waals surface area contributed by atoms with Crippen LogP contribution in [0.1, 0.15) is 30.9 Å². The molecule has 14 heteroatoms. The van der Waals surface area contributed by atoms with Gasteiger partial charge in [0.25, 0.3) is 0 Å². The lowest BCUT2D eigenvalue weighted by Crippen LogP contribution is -2.42. The van der Waals surface area contributed by atoms with Crippen LogP contribution < -0.4 is 20.4 Å². The van der Waals surface area contributed by atoms with Crippen LogP contribution in [0.3, 0.4) is 0 Å². The minimum Gasteiger partial charge on any atom is -0.378 e. The predicted molar refractivity (Wildman–Crippen MR) is 128 cm³/mol. The molecule has 6 rings (SSSR count). The molecule has 0 bridgehead atoms. The van der Waals surface area contributed by atoms with Crippen LogP contribution in [0.2, 0.25) is 0 Å². The summed E-state index contributed by atoms with van der Waals surface area (Å²) in [4.78, 5) is 38.4. The zero-order chi connectivity index (χ0) is 24.5. The molecule has 1 amide bonds. The maximum absolute atomic E-state index is 14.6. The van der Waals surface area contributed by atoms with Crippen LogP contribution in [0.15, 0.2) is 24.7 Å². The summed E-state index contributed by atoms with van der Waals surface area (Å²) in [6.07, 6.45) is 5.52. The van der Waals surface area contributed by atoms with E-state index in [0.717, 1.165) is 18.5 Å². The highest BCUT2D eigenvalue weighted by atomic mass is 19.1. The highest BCUT2D eigenvalue weighted by Crippen LogP contribution is 2.39. The molecule has 2 saturated heterocycles. The number of aromatic nitrogens is 7. The Kier molecular flexibility index (Phi) is 6.01. The van der Waals surface area contributed by atoms with Crippen molar-refractivity contribution >= 4 is 35.4 Å². The predicted octanol–water partition coefficient (Wildman–Crippen LogP) is 1.40. The third kappa shape index (κ3) is 4.89. The van der Waals surface area contributed by atoms with Crippen molar-refractivity contribution < 1.29 is 13.9 Å². The molecule has 0 aromatic carbocycles.